The molecule has 0 atom stereocenters. The van der Waals surface area contributed by atoms with Crippen molar-refractivity contribution in [1.82, 2.24) is 20.4 Å². The predicted octanol–water partition coefficient (Wildman–Crippen LogP) is 3.92. The lowest BCUT2D eigenvalue weighted by Gasteiger charge is -2.31. The standard InChI is InChI=1S/C26H28FN5O3S/c27-20-8-10-21(11-9-20)29-23(34)24-30-31-25(36-24)26(35)32-15-12-19(13-16-32)17-22(33)28-14-4-7-18-5-2-1-3-6-18/h1-3,5-6,8-11,19H,4,7,12-17H2,(H,28,33)(H,29,34). The van der Waals surface area contributed by atoms with Gasteiger partial charge >= 0.3 is 0 Å². The molecule has 2 heterocycles. The summed E-state index contributed by atoms with van der Waals surface area (Å²) in [6.45, 7) is 1.71. The van der Waals surface area contributed by atoms with Gasteiger partial charge in [0, 0.05) is 31.7 Å². The normalized spacial score (nSPS) is 13.9. The number of hydrogen-bond acceptors (Lipinski definition) is 6. The van der Waals surface area contributed by atoms with E-state index in [0.717, 1.165) is 37.0 Å². The van der Waals surface area contributed by atoms with Crippen LogP contribution in [0.15, 0.2) is 54.6 Å². The molecule has 1 aliphatic heterocycles. The summed E-state index contributed by atoms with van der Waals surface area (Å²) in [5, 5.41) is 13.5. The van der Waals surface area contributed by atoms with Crippen LogP contribution in [0, 0.1) is 11.7 Å². The first-order chi connectivity index (χ1) is 17.5. The van der Waals surface area contributed by atoms with E-state index in [1.807, 2.05) is 18.2 Å². The van der Waals surface area contributed by atoms with Crippen molar-refractivity contribution in [1.29, 1.82) is 0 Å². The summed E-state index contributed by atoms with van der Waals surface area (Å²) in [4.78, 5) is 39.2. The number of aromatic nitrogens is 2. The molecule has 8 nitrogen and oxygen atoms in total. The molecule has 1 aliphatic rings. The minimum absolute atomic E-state index is 0.0498. The Balaban J connectivity index is 1.17. The first-order valence-corrected chi connectivity index (χ1v) is 12.8. The van der Waals surface area contributed by atoms with Gasteiger partial charge in [-0.25, -0.2) is 4.39 Å². The minimum Gasteiger partial charge on any atom is -0.356 e. The number of likely N-dealkylation sites (tertiary alicyclic amines) is 1. The van der Waals surface area contributed by atoms with Gasteiger partial charge in [0.25, 0.3) is 11.8 Å². The highest BCUT2D eigenvalue weighted by Crippen LogP contribution is 2.23. The Morgan fingerprint density at radius 2 is 1.67 bits per heavy atom. The number of amides is 3. The van der Waals surface area contributed by atoms with Crippen molar-refractivity contribution in [3.05, 3.63) is 76.0 Å². The van der Waals surface area contributed by atoms with E-state index < -0.39 is 11.7 Å². The number of nitrogens with one attached hydrogen (secondary N) is 2. The highest BCUT2D eigenvalue weighted by molar-refractivity contribution is 7.15. The summed E-state index contributed by atoms with van der Waals surface area (Å²) >= 11 is 0.922. The van der Waals surface area contributed by atoms with Gasteiger partial charge in [-0.3, -0.25) is 14.4 Å². The number of halogens is 1. The molecule has 0 spiro atoms. The van der Waals surface area contributed by atoms with Gasteiger partial charge in [-0.1, -0.05) is 41.7 Å². The number of aryl methyl sites for hydroxylation is 1. The molecule has 0 radical (unpaired) electrons. The molecule has 0 saturated carbocycles. The average molecular weight is 510 g/mol. The molecular weight excluding hydrogens is 481 g/mol. The summed E-state index contributed by atoms with van der Waals surface area (Å²) in [6.07, 6.45) is 3.76. The maximum Gasteiger partial charge on any atom is 0.286 e. The number of rotatable bonds is 9. The summed E-state index contributed by atoms with van der Waals surface area (Å²) < 4.78 is 13.0. The summed E-state index contributed by atoms with van der Waals surface area (Å²) in [6, 6.07) is 15.6. The Bertz CT molecular complexity index is 1180. The number of carbonyl (C=O) groups is 3. The van der Waals surface area contributed by atoms with Gasteiger partial charge in [0.15, 0.2) is 0 Å². The van der Waals surface area contributed by atoms with Crippen LogP contribution in [0.25, 0.3) is 0 Å². The van der Waals surface area contributed by atoms with E-state index in [0.29, 0.717) is 31.7 Å². The van der Waals surface area contributed by atoms with Crippen LogP contribution in [0.5, 0.6) is 0 Å². The van der Waals surface area contributed by atoms with Crippen molar-refractivity contribution < 1.29 is 18.8 Å². The first-order valence-electron chi connectivity index (χ1n) is 12.0. The molecule has 4 rings (SSSR count). The molecule has 3 aromatic rings. The second kappa shape index (κ2) is 12.3. The van der Waals surface area contributed by atoms with Crippen LogP contribution in [0.3, 0.4) is 0 Å². The summed E-state index contributed by atoms with van der Waals surface area (Å²) in [7, 11) is 0. The van der Waals surface area contributed by atoms with Gasteiger partial charge in [0.05, 0.1) is 0 Å². The number of benzene rings is 2. The molecule has 1 aromatic heterocycles. The zero-order valence-corrected chi connectivity index (χ0v) is 20.6. The van der Waals surface area contributed by atoms with Gasteiger partial charge in [-0.2, -0.15) is 0 Å². The second-order valence-electron chi connectivity index (χ2n) is 8.75. The van der Waals surface area contributed by atoms with Crippen LogP contribution in [-0.2, 0) is 11.2 Å². The van der Waals surface area contributed by atoms with Gasteiger partial charge in [0.1, 0.15) is 5.82 Å². The van der Waals surface area contributed by atoms with Crippen molar-refractivity contribution in [3.8, 4) is 0 Å². The van der Waals surface area contributed by atoms with Crippen LogP contribution < -0.4 is 10.6 Å². The second-order valence-corrected chi connectivity index (χ2v) is 9.73. The van der Waals surface area contributed by atoms with E-state index in [2.05, 4.69) is 33.0 Å². The van der Waals surface area contributed by atoms with Crippen LogP contribution >= 0.6 is 11.3 Å². The van der Waals surface area contributed by atoms with Crippen LogP contribution in [0.2, 0.25) is 0 Å². The predicted molar refractivity (Wildman–Crippen MR) is 135 cm³/mol. The van der Waals surface area contributed by atoms with E-state index in [1.54, 1.807) is 4.90 Å². The topological polar surface area (TPSA) is 104 Å². The van der Waals surface area contributed by atoms with E-state index in [9.17, 15) is 18.8 Å². The summed E-state index contributed by atoms with van der Waals surface area (Å²) in [5.74, 6) is -0.896. The highest BCUT2D eigenvalue weighted by atomic mass is 32.1. The maximum atomic E-state index is 13.0. The Morgan fingerprint density at radius 3 is 2.39 bits per heavy atom. The molecule has 1 saturated heterocycles. The van der Waals surface area contributed by atoms with Gasteiger partial charge in [-0.05, 0) is 61.4 Å². The number of hydrogen-bond donors (Lipinski definition) is 2. The van der Waals surface area contributed by atoms with E-state index in [-0.39, 0.29) is 27.7 Å². The number of anilines is 1. The fourth-order valence-corrected chi connectivity index (χ4v) is 4.80. The lowest BCUT2D eigenvalue weighted by molar-refractivity contribution is -0.122. The molecule has 36 heavy (non-hydrogen) atoms. The zero-order chi connectivity index (χ0) is 25.3. The van der Waals surface area contributed by atoms with Crippen molar-refractivity contribution in [2.75, 3.05) is 25.0 Å². The Hall–Kier alpha value is -3.66. The van der Waals surface area contributed by atoms with Crippen molar-refractivity contribution >= 4 is 34.7 Å². The quantitative estimate of drug-likeness (QED) is 0.426. The number of piperidine rings is 1. The molecule has 0 unspecified atom stereocenters. The van der Waals surface area contributed by atoms with Gasteiger partial charge < -0.3 is 15.5 Å². The monoisotopic (exact) mass is 509 g/mol. The van der Waals surface area contributed by atoms with E-state index in [1.165, 1.54) is 29.8 Å². The fourth-order valence-electron chi connectivity index (χ4n) is 4.09. The lowest BCUT2D eigenvalue weighted by atomic mass is 9.93. The molecular formula is C26H28FN5O3S. The zero-order valence-electron chi connectivity index (χ0n) is 19.8. The molecule has 188 valence electrons. The van der Waals surface area contributed by atoms with E-state index >= 15 is 0 Å². The van der Waals surface area contributed by atoms with E-state index in [4.69, 9.17) is 0 Å². The van der Waals surface area contributed by atoms with Crippen molar-refractivity contribution in [3.63, 3.8) is 0 Å². The molecule has 1 fully saturated rings. The average Bonchev–Trinajstić information content (AvgIpc) is 3.39. The van der Waals surface area contributed by atoms with Crippen LogP contribution in [0.1, 0.15) is 50.9 Å². The SMILES string of the molecule is O=C(CC1CCN(C(=O)c2nnc(C(=O)Nc3ccc(F)cc3)s2)CC1)NCCCc1ccccc1. The third-order valence-electron chi connectivity index (χ3n) is 6.09. The molecule has 10 heteroatoms. The van der Waals surface area contributed by atoms with Crippen LogP contribution in [-0.4, -0.2) is 52.5 Å². The van der Waals surface area contributed by atoms with Crippen LogP contribution in [0.4, 0.5) is 10.1 Å². The Morgan fingerprint density at radius 1 is 0.972 bits per heavy atom. The molecule has 3 amide bonds. The van der Waals surface area contributed by atoms with Gasteiger partial charge in [0.2, 0.25) is 15.9 Å². The van der Waals surface area contributed by atoms with Gasteiger partial charge in [-0.15, -0.1) is 10.2 Å². The molecule has 2 N–H and O–H groups in total. The number of nitrogens with zero attached hydrogens (tertiary/aromatic N) is 3. The first kappa shape index (κ1) is 25.4. The van der Waals surface area contributed by atoms with Crippen molar-refractivity contribution in [2.24, 2.45) is 5.92 Å². The smallest absolute Gasteiger partial charge is 0.286 e. The Labute approximate surface area is 212 Å². The third-order valence-corrected chi connectivity index (χ3v) is 7.00. The molecule has 2 aromatic carbocycles. The fraction of sp³-hybridized carbons (Fsp3) is 0.346. The lowest BCUT2D eigenvalue weighted by Crippen LogP contribution is -2.39. The third kappa shape index (κ3) is 7.17. The van der Waals surface area contributed by atoms with Crippen molar-refractivity contribution in [2.45, 2.75) is 32.1 Å². The maximum absolute atomic E-state index is 13.0. The number of carbonyl (C=O) groups excluding carboxylic acids is 3. The molecule has 0 bridgehead atoms. The molecule has 0 aliphatic carbocycles. The largest absolute Gasteiger partial charge is 0.356 e. The summed E-state index contributed by atoms with van der Waals surface area (Å²) in [5.41, 5.74) is 1.69. The highest BCUT2D eigenvalue weighted by Gasteiger charge is 2.27. The minimum atomic E-state index is -0.508. The Kier molecular flexibility index (Phi) is 8.72.